The van der Waals surface area contributed by atoms with Gasteiger partial charge in [-0.15, -0.1) is 0 Å². The van der Waals surface area contributed by atoms with E-state index >= 15 is 0 Å². The first-order chi connectivity index (χ1) is 9.75. The molecule has 1 fully saturated rings. The second kappa shape index (κ2) is 7.81. The highest BCUT2D eigenvalue weighted by Crippen LogP contribution is 2.00. The Balaban J connectivity index is 1.62. The van der Waals surface area contributed by atoms with E-state index in [4.69, 9.17) is 10.6 Å². The molecule has 2 N–H and O–H groups in total. The Bertz CT molecular complexity index is 415. The number of rotatable bonds is 6. The number of nitrogens with two attached hydrogens (primary N) is 1. The molecule has 0 spiro atoms. The van der Waals surface area contributed by atoms with Crippen molar-refractivity contribution in [3.8, 4) is 0 Å². The fraction of sp³-hybridized carbons (Fsp3) is 0.571. The smallest absolute Gasteiger partial charge is 0.171 e. The van der Waals surface area contributed by atoms with E-state index in [1.54, 1.807) is 12.4 Å². The minimum Gasteiger partial charge on any atom is -0.394 e. The predicted molar refractivity (Wildman–Crippen MR) is 79.5 cm³/mol. The Labute approximate surface area is 120 Å². The zero-order valence-electron chi connectivity index (χ0n) is 12.0. The van der Waals surface area contributed by atoms with Crippen LogP contribution < -0.4 is 5.73 Å². The van der Waals surface area contributed by atoms with Crippen molar-refractivity contribution in [1.29, 1.82) is 0 Å². The van der Waals surface area contributed by atoms with Gasteiger partial charge in [0.1, 0.15) is 6.61 Å². The van der Waals surface area contributed by atoms with E-state index in [0.29, 0.717) is 12.4 Å². The van der Waals surface area contributed by atoms with E-state index in [1.165, 1.54) is 0 Å². The van der Waals surface area contributed by atoms with Crippen molar-refractivity contribution in [2.24, 2.45) is 10.9 Å². The van der Waals surface area contributed by atoms with Crippen molar-refractivity contribution in [3.05, 3.63) is 30.1 Å². The van der Waals surface area contributed by atoms with Crippen LogP contribution in [-0.2, 0) is 4.84 Å². The molecule has 0 atom stereocenters. The van der Waals surface area contributed by atoms with Crippen LogP contribution in [0.15, 0.2) is 29.7 Å². The van der Waals surface area contributed by atoms with Gasteiger partial charge in [0.25, 0.3) is 0 Å². The summed E-state index contributed by atoms with van der Waals surface area (Å²) in [6.45, 7) is 6.21. The molecule has 0 aromatic carbocycles. The van der Waals surface area contributed by atoms with E-state index in [-0.39, 0.29) is 0 Å². The lowest BCUT2D eigenvalue weighted by molar-refractivity contribution is 0.111. The number of nitrogens with zero attached hydrogens (tertiary/aromatic N) is 4. The molecule has 110 valence electrons. The summed E-state index contributed by atoms with van der Waals surface area (Å²) in [7, 11) is 2.16. The molecule has 6 heteroatoms. The number of piperazine rings is 1. The summed E-state index contributed by atoms with van der Waals surface area (Å²) in [6, 6.07) is 3.69. The highest BCUT2D eigenvalue weighted by Gasteiger charge is 2.12. The molecule has 0 radical (unpaired) electrons. The van der Waals surface area contributed by atoms with Crippen molar-refractivity contribution in [2.45, 2.75) is 6.42 Å². The molecule has 0 bridgehead atoms. The largest absolute Gasteiger partial charge is 0.394 e. The van der Waals surface area contributed by atoms with E-state index in [0.717, 1.165) is 44.7 Å². The van der Waals surface area contributed by atoms with E-state index in [2.05, 4.69) is 27.0 Å². The molecule has 0 saturated carbocycles. The fourth-order valence-corrected chi connectivity index (χ4v) is 2.11. The van der Waals surface area contributed by atoms with Crippen molar-refractivity contribution in [1.82, 2.24) is 14.8 Å². The quantitative estimate of drug-likeness (QED) is 0.352. The van der Waals surface area contributed by atoms with Gasteiger partial charge in [-0.2, -0.15) is 0 Å². The highest BCUT2D eigenvalue weighted by molar-refractivity contribution is 5.96. The number of hydrogen-bond acceptors (Lipinski definition) is 5. The van der Waals surface area contributed by atoms with Crippen molar-refractivity contribution in [2.75, 3.05) is 46.4 Å². The van der Waals surface area contributed by atoms with Crippen LogP contribution in [0, 0.1) is 0 Å². The Morgan fingerprint density at radius 2 is 2.20 bits per heavy atom. The summed E-state index contributed by atoms with van der Waals surface area (Å²) in [5.74, 6) is 0.373. The first kappa shape index (κ1) is 14.7. The molecule has 0 amide bonds. The third kappa shape index (κ3) is 4.79. The van der Waals surface area contributed by atoms with E-state index < -0.39 is 0 Å². The molecule has 1 aromatic heterocycles. The van der Waals surface area contributed by atoms with Crippen LogP contribution in [0.5, 0.6) is 0 Å². The Hall–Kier alpha value is -1.66. The zero-order valence-corrected chi connectivity index (χ0v) is 12.0. The maximum absolute atomic E-state index is 5.80. The second-order valence-electron chi connectivity index (χ2n) is 5.05. The fourth-order valence-electron chi connectivity index (χ4n) is 2.11. The maximum atomic E-state index is 5.80. The summed E-state index contributed by atoms with van der Waals surface area (Å²) < 4.78 is 0. The van der Waals surface area contributed by atoms with Crippen LogP contribution in [0.25, 0.3) is 0 Å². The summed E-state index contributed by atoms with van der Waals surface area (Å²) in [5, 5.41) is 3.92. The second-order valence-corrected chi connectivity index (χ2v) is 5.05. The number of oxime groups is 1. The molecule has 2 rings (SSSR count). The number of aromatic nitrogens is 1. The van der Waals surface area contributed by atoms with Gasteiger partial charge in [0.15, 0.2) is 5.84 Å². The van der Waals surface area contributed by atoms with Gasteiger partial charge in [0.2, 0.25) is 0 Å². The average molecular weight is 277 g/mol. The van der Waals surface area contributed by atoms with E-state index in [9.17, 15) is 0 Å². The molecule has 1 aliphatic heterocycles. The third-order valence-corrected chi connectivity index (χ3v) is 3.43. The summed E-state index contributed by atoms with van der Waals surface area (Å²) in [6.07, 6.45) is 4.34. The predicted octanol–water partition coefficient (Wildman–Crippen LogP) is 0.356. The van der Waals surface area contributed by atoms with Crippen molar-refractivity contribution < 1.29 is 4.84 Å². The van der Waals surface area contributed by atoms with Gasteiger partial charge < -0.3 is 20.4 Å². The minimum atomic E-state index is 0.373. The minimum absolute atomic E-state index is 0.373. The number of likely N-dealkylation sites (N-methyl/N-ethyl adjacent to an activating group) is 1. The van der Waals surface area contributed by atoms with Crippen molar-refractivity contribution in [3.63, 3.8) is 0 Å². The lowest BCUT2D eigenvalue weighted by atomic mass is 10.3. The lowest BCUT2D eigenvalue weighted by Crippen LogP contribution is -2.44. The number of hydrogen-bond donors (Lipinski definition) is 1. The number of amidine groups is 1. The summed E-state index contributed by atoms with van der Waals surface area (Å²) in [4.78, 5) is 14.1. The first-order valence-electron chi connectivity index (χ1n) is 7.02. The van der Waals surface area contributed by atoms with Crippen LogP contribution in [0.2, 0.25) is 0 Å². The van der Waals surface area contributed by atoms with Gasteiger partial charge in [-0.05, 0) is 25.6 Å². The van der Waals surface area contributed by atoms with Gasteiger partial charge >= 0.3 is 0 Å². The standard InChI is InChI=1S/C14H23N5O/c1-18-7-9-19(10-8-18)6-3-11-20-17-14(15)13-4-2-5-16-12-13/h2,4-5,12H,3,6-11H2,1H3,(H2,15,17). The Kier molecular flexibility index (Phi) is 5.76. The van der Waals surface area contributed by atoms with Crippen LogP contribution in [0.1, 0.15) is 12.0 Å². The van der Waals surface area contributed by atoms with Gasteiger partial charge in [-0.3, -0.25) is 4.98 Å². The van der Waals surface area contributed by atoms with Crippen LogP contribution in [0.4, 0.5) is 0 Å². The Morgan fingerprint density at radius 1 is 1.40 bits per heavy atom. The molecule has 20 heavy (non-hydrogen) atoms. The monoisotopic (exact) mass is 277 g/mol. The van der Waals surface area contributed by atoms with E-state index in [1.807, 2.05) is 12.1 Å². The highest BCUT2D eigenvalue weighted by atomic mass is 16.6. The van der Waals surface area contributed by atoms with Gasteiger partial charge in [-0.25, -0.2) is 0 Å². The SMILES string of the molecule is CN1CCN(CCCO/N=C(\N)c2cccnc2)CC1. The van der Waals surface area contributed by atoms with Gasteiger partial charge in [0, 0.05) is 50.7 Å². The molecule has 1 aromatic rings. The molecule has 6 nitrogen and oxygen atoms in total. The molecule has 1 saturated heterocycles. The third-order valence-electron chi connectivity index (χ3n) is 3.43. The van der Waals surface area contributed by atoms with Crippen LogP contribution in [-0.4, -0.2) is 67.0 Å². The van der Waals surface area contributed by atoms with Gasteiger partial charge in [0.05, 0.1) is 0 Å². The van der Waals surface area contributed by atoms with Crippen LogP contribution >= 0.6 is 0 Å². The molecular weight excluding hydrogens is 254 g/mol. The summed E-state index contributed by atoms with van der Waals surface area (Å²) >= 11 is 0. The van der Waals surface area contributed by atoms with Crippen LogP contribution in [0.3, 0.4) is 0 Å². The maximum Gasteiger partial charge on any atom is 0.171 e. The topological polar surface area (TPSA) is 67.0 Å². The molecule has 0 aliphatic carbocycles. The Morgan fingerprint density at radius 3 is 2.90 bits per heavy atom. The molecule has 2 heterocycles. The molecule has 1 aliphatic rings. The van der Waals surface area contributed by atoms with Crippen molar-refractivity contribution >= 4 is 5.84 Å². The normalized spacial score (nSPS) is 18.1. The van der Waals surface area contributed by atoms with Gasteiger partial charge in [-0.1, -0.05) is 5.16 Å². The molecular formula is C14H23N5O. The molecule has 0 unspecified atom stereocenters. The number of pyridine rings is 1. The summed E-state index contributed by atoms with van der Waals surface area (Å²) in [5.41, 5.74) is 6.59. The zero-order chi connectivity index (χ0) is 14.2. The lowest BCUT2D eigenvalue weighted by Gasteiger charge is -2.32. The average Bonchev–Trinajstić information content (AvgIpc) is 2.49. The first-order valence-corrected chi connectivity index (χ1v) is 7.02.